The molecule has 1 saturated heterocycles. The van der Waals surface area contributed by atoms with Crippen LogP contribution in [0.25, 0.3) is 10.2 Å². The van der Waals surface area contributed by atoms with Crippen LogP contribution in [0.1, 0.15) is 28.2 Å². The number of nitrogens with one attached hydrogen (secondary N) is 1. The Hall–Kier alpha value is -2.33. The minimum absolute atomic E-state index is 0.0724. The number of thiazole rings is 1. The van der Waals surface area contributed by atoms with Crippen LogP contribution in [0, 0.1) is 0 Å². The van der Waals surface area contributed by atoms with Gasteiger partial charge in [-0.05, 0) is 49.2 Å². The van der Waals surface area contributed by atoms with E-state index in [1.165, 1.54) is 24.3 Å². The number of para-hydroxylation sites is 1. The molecule has 2 aromatic carbocycles. The quantitative estimate of drug-likeness (QED) is 0.604. The van der Waals surface area contributed by atoms with Gasteiger partial charge in [0.15, 0.2) is 0 Å². The molecule has 0 radical (unpaired) electrons. The molecule has 1 atom stereocenters. The van der Waals surface area contributed by atoms with E-state index in [1.54, 1.807) is 23.3 Å². The molecule has 1 fully saturated rings. The first-order valence-corrected chi connectivity index (χ1v) is 12.0. The highest BCUT2D eigenvalue weighted by Crippen LogP contribution is 2.23. The van der Waals surface area contributed by atoms with Crippen molar-refractivity contribution >= 4 is 37.5 Å². The predicted molar refractivity (Wildman–Crippen MR) is 116 cm³/mol. The van der Waals surface area contributed by atoms with E-state index in [9.17, 15) is 13.2 Å². The zero-order chi connectivity index (χ0) is 21.1. The van der Waals surface area contributed by atoms with Crippen LogP contribution in [0.3, 0.4) is 0 Å². The van der Waals surface area contributed by atoms with Gasteiger partial charge in [0.1, 0.15) is 5.01 Å². The molecule has 3 aromatic rings. The van der Waals surface area contributed by atoms with Gasteiger partial charge in [0.25, 0.3) is 5.91 Å². The number of carbonyl (C=O) groups is 1. The standard InChI is InChI=1S/C21H23N3O4S2/c1-24(14-20-23-18-6-2-3-7-19(18)29-20)21(25)15-8-10-17(11-9-15)30(26,27)22-13-16-5-4-12-28-16/h2-3,6-11,16,22H,4-5,12-14H2,1H3/t16-/m0/s1. The third-order valence-corrected chi connectivity index (χ3v) is 7.45. The van der Waals surface area contributed by atoms with Gasteiger partial charge in [-0.1, -0.05) is 12.1 Å². The van der Waals surface area contributed by atoms with Crippen LogP contribution in [0.2, 0.25) is 0 Å². The van der Waals surface area contributed by atoms with Crippen molar-refractivity contribution in [3.05, 3.63) is 59.1 Å². The number of amides is 1. The third kappa shape index (κ3) is 4.70. The van der Waals surface area contributed by atoms with Crippen LogP contribution in [0.15, 0.2) is 53.4 Å². The normalized spacial score (nSPS) is 16.8. The van der Waals surface area contributed by atoms with Crippen LogP contribution in [-0.4, -0.2) is 50.5 Å². The van der Waals surface area contributed by atoms with Crippen LogP contribution in [0.4, 0.5) is 0 Å². The summed E-state index contributed by atoms with van der Waals surface area (Å²) in [7, 11) is -1.93. The molecule has 9 heteroatoms. The predicted octanol–water partition coefficient (Wildman–Crippen LogP) is 3.03. The lowest BCUT2D eigenvalue weighted by Gasteiger charge is -2.16. The Morgan fingerprint density at radius 2 is 2.00 bits per heavy atom. The number of aromatic nitrogens is 1. The van der Waals surface area contributed by atoms with Crippen molar-refractivity contribution in [1.29, 1.82) is 0 Å². The summed E-state index contributed by atoms with van der Waals surface area (Å²) in [6.45, 7) is 1.32. The molecule has 1 aromatic heterocycles. The van der Waals surface area contributed by atoms with E-state index in [0.717, 1.165) is 28.1 Å². The van der Waals surface area contributed by atoms with E-state index in [1.807, 2.05) is 24.3 Å². The molecule has 2 heterocycles. The number of sulfonamides is 1. The minimum atomic E-state index is -3.64. The molecular weight excluding hydrogens is 422 g/mol. The number of benzene rings is 2. The first-order valence-electron chi connectivity index (χ1n) is 9.73. The minimum Gasteiger partial charge on any atom is -0.377 e. The van der Waals surface area contributed by atoms with Crippen molar-refractivity contribution in [2.24, 2.45) is 0 Å². The number of rotatable bonds is 7. The van der Waals surface area contributed by atoms with Gasteiger partial charge in [0.2, 0.25) is 10.0 Å². The Morgan fingerprint density at radius 1 is 1.23 bits per heavy atom. The Morgan fingerprint density at radius 3 is 2.70 bits per heavy atom. The highest BCUT2D eigenvalue weighted by atomic mass is 32.2. The zero-order valence-electron chi connectivity index (χ0n) is 16.6. The lowest BCUT2D eigenvalue weighted by Crippen LogP contribution is -2.32. The second-order valence-corrected chi connectivity index (χ2v) is 10.1. The maximum atomic E-state index is 12.7. The van der Waals surface area contributed by atoms with E-state index < -0.39 is 10.0 Å². The average molecular weight is 446 g/mol. The molecule has 1 aliphatic heterocycles. The fourth-order valence-corrected chi connectivity index (χ4v) is 5.44. The van der Waals surface area contributed by atoms with Crippen molar-refractivity contribution in [3.63, 3.8) is 0 Å². The summed E-state index contributed by atoms with van der Waals surface area (Å²) < 4.78 is 34.0. The fourth-order valence-electron chi connectivity index (χ4n) is 3.35. The lowest BCUT2D eigenvalue weighted by molar-refractivity contribution is 0.0785. The molecule has 1 aliphatic rings. The van der Waals surface area contributed by atoms with E-state index in [2.05, 4.69) is 9.71 Å². The molecule has 1 amide bonds. The number of carbonyl (C=O) groups excluding carboxylic acids is 1. The number of hydrogen-bond acceptors (Lipinski definition) is 6. The van der Waals surface area contributed by atoms with Gasteiger partial charge in [-0.3, -0.25) is 4.79 Å². The molecule has 0 bridgehead atoms. The molecule has 30 heavy (non-hydrogen) atoms. The third-order valence-electron chi connectivity index (χ3n) is 4.99. The summed E-state index contributed by atoms with van der Waals surface area (Å²) in [5.74, 6) is -0.189. The van der Waals surface area contributed by atoms with Crippen molar-refractivity contribution in [1.82, 2.24) is 14.6 Å². The Kier molecular flexibility index (Phi) is 6.14. The van der Waals surface area contributed by atoms with Crippen LogP contribution in [0.5, 0.6) is 0 Å². The Balaban J connectivity index is 1.40. The molecule has 0 spiro atoms. The highest BCUT2D eigenvalue weighted by Gasteiger charge is 2.21. The van der Waals surface area contributed by atoms with Gasteiger partial charge in [-0.2, -0.15) is 0 Å². The van der Waals surface area contributed by atoms with Gasteiger partial charge in [0, 0.05) is 25.8 Å². The molecule has 0 saturated carbocycles. The maximum Gasteiger partial charge on any atom is 0.253 e. The Labute approximate surface area is 179 Å². The summed E-state index contributed by atoms with van der Waals surface area (Å²) in [6.07, 6.45) is 1.74. The van der Waals surface area contributed by atoms with Crippen molar-refractivity contribution in [2.75, 3.05) is 20.2 Å². The second-order valence-electron chi connectivity index (χ2n) is 7.25. The summed E-state index contributed by atoms with van der Waals surface area (Å²) in [5.41, 5.74) is 1.35. The summed E-state index contributed by atoms with van der Waals surface area (Å²) in [6, 6.07) is 13.8. The summed E-state index contributed by atoms with van der Waals surface area (Å²) >= 11 is 1.56. The first-order chi connectivity index (χ1) is 14.4. The summed E-state index contributed by atoms with van der Waals surface area (Å²) in [4.78, 5) is 19.0. The average Bonchev–Trinajstić information content (AvgIpc) is 3.41. The monoisotopic (exact) mass is 445 g/mol. The van der Waals surface area contributed by atoms with Crippen molar-refractivity contribution < 1.29 is 17.9 Å². The van der Waals surface area contributed by atoms with Gasteiger partial charge >= 0.3 is 0 Å². The number of hydrogen-bond donors (Lipinski definition) is 1. The number of nitrogens with zero attached hydrogens (tertiary/aromatic N) is 2. The molecule has 7 nitrogen and oxygen atoms in total. The highest BCUT2D eigenvalue weighted by molar-refractivity contribution is 7.89. The van der Waals surface area contributed by atoms with Crippen molar-refractivity contribution in [2.45, 2.75) is 30.4 Å². The van der Waals surface area contributed by atoms with E-state index >= 15 is 0 Å². The lowest BCUT2D eigenvalue weighted by atomic mass is 10.2. The zero-order valence-corrected chi connectivity index (χ0v) is 18.2. The smallest absolute Gasteiger partial charge is 0.253 e. The summed E-state index contributed by atoms with van der Waals surface area (Å²) in [5, 5.41) is 0.851. The van der Waals surface area contributed by atoms with Gasteiger partial charge < -0.3 is 9.64 Å². The molecule has 0 unspecified atom stereocenters. The number of ether oxygens (including phenoxy) is 1. The molecule has 158 valence electrons. The van der Waals surface area contributed by atoms with Gasteiger partial charge in [0.05, 0.1) is 27.8 Å². The molecule has 4 rings (SSSR count). The van der Waals surface area contributed by atoms with Crippen LogP contribution < -0.4 is 4.72 Å². The fraction of sp³-hybridized carbons (Fsp3) is 0.333. The van der Waals surface area contributed by atoms with Gasteiger partial charge in [-0.15, -0.1) is 11.3 Å². The van der Waals surface area contributed by atoms with E-state index in [-0.39, 0.29) is 23.5 Å². The molecule has 0 aliphatic carbocycles. The molecular formula is C21H23N3O4S2. The second kappa shape index (κ2) is 8.81. The van der Waals surface area contributed by atoms with E-state index in [0.29, 0.717) is 18.7 Å². The van der Waals surface area contributed by atoms with E-state index in [4.69, 9.17) is 4.74 Å². The van der Waals surface area contributed by atoms with Crippen LogP contribution >= 0.6 is 11.3 Å². The first kappa shape index (κ1) is 20.9. The van der Waals surface area contributed by atoms with Crippen molar-refractivity contribution in [3.8, 4) is 0 Å². The van der Waals surface area contributed by atoms with Crippen LogP contribution in [-0.2, 0) is 21.3 Å². The SMILES string of the molecule is CN(Cc1nc2ccccc2s1)C(=O)c1ccc(S(=O)(=O)NC[C@@H]2CCCO2)cc1. The maximum absolute atomic E-state index is 12.7. The Bertz CT molecular complexity index is 1100. The number of fused-ring (bicyclic) bond motifs is 1. The molecule has 1 N–H and O–H groups in total. The van der Waals surface area contributed by atoms with Gasteiger partial charge in [-0.25, -0.2) is 18.1 Å². The topological polar surface area (TPSA) is 88.6 Å². The largest absolute Gasteiger partial charge is 0.377 e.